The minimum absolute atomic E-state index is 0.147. The Morgan fingerprint density at radius 2 is 1.64 bits per heavy atom. The highest BCUT2D eigenvalue weighted by molar-refractivity contribution is 6.08. The number of Topliss-reactive ketones (excluding diaryl/α,β-unsaturated/α-hetero) is 1. The minimum Gasteiger partial charge on any atom is -0.366 e. The van der Waals surface area contributed by atoms with E-state index < -0.39 is 5.91 Å². The van der Waals surface area contributed by atoms with Crippen LogP contribution in [-0.2, 0) is 6.42 Å². The zero-order valence-electron chi connectivity index (χ0n) is 11.8. The topological polar surface area (TPSA) is 73.1 Å². The molecule has 0 atom stereocenters. The number of amides is 1. The number of hydrogen-bond acceptors (Lipinski definition) is 3. The second-order valence-electron chi connectivity index (χ2n) is 5.05. The molecular weight excluding hydrogens is 276 g/mol. The van der Waals surface area contributed by atoms with Crippen molar-refractivity contribution in [3.63, 3.8) is 0 Å². The third-order valence-corrected chi connectivity index (χ3v) is 3.50. The first-order valence-electron chi connectivity index (χ1n) is 6.91. The summed E-state index contributed by atoms with van der Waals surface area (Å²) in [5.74, 6) is -0.743. The van der Waals surface area contributed by atoms with Crippen molar-refractivity contribution in [3.8, 4) is 0 Å². The quantitative estimate of drug-likeness (QED) is 0.751. The number of hydrogen-bond donors (Lipinski definition) is 1. The largest absolute Gasteiger partial charge is 0.366 e. The summed E-state index contributed by atoms with van der Waals surface area (Å²) in [5, 5.41) is 0.982. The third-order valence-electron chi connectivity index (χ3n) is 3.50. The van der Waals surface area contributed by atoms with E-state index in [1.807, 2.05) is 30.3 Å². The van der Waals surface area contributed by atoms with Crippen LogP contribution >= 0.6 is 0 Å². The molecule has 4 heteroatoms. The maximum atomic E-state index is 12.4. The van der Waals surface area contributed by atoms with E-state index >= 15 is 0 Å². The van der Waals surface area contributed by atoms with Crippen LogP contribution in [0.4, 0.5) is 0 Å². The SMILES string of the molecule is NC(=O)c1ccccc1C(=O)Cc1cnc2ccccc2c1. The number of ketones is 1. The first-order valence-corrected chi connectivity index (χ1v) is 6.91. The van der Waals surface area contributed by atoms with Gasteiger partial charge in [0.2, 0.25) is 5.91 Å². The van der Waals surface area contributed by atoms with Gasteiger partial charge in [-0.1, -0.05) is 36.4 Å². The van der Waals surface area contributed by atoms with Crippen LogP contribution in [0.5, 0.6) is 0 Å². The molecule has 108 valence electrons. The number of primary amides is 1. The zero-order chi connectivity index (χ0) is 15.5. The summed E-state index contributed by atoms with van der Waals surface area (Å²) in [6, 6.07) is 16.3. The van der Waals surface area contributed by atoms with Crippen molar-refractivity contribution in [2.75, 3.05) is 0 Å². The molecule has 22 heavy (non-hydrogen) atoms. The monoisotopic (exact) mass is 290 g/mol. The molecule has 2 N–H and O–H groups in total. The van der Waals surface area contributed by atoms with Crippen LogP contribution in [-0.4, -0.2) is 16.7 Å². The highest BCUT2D eigenvalue weighted by Crippen LogP contribution is 2.16. The van der Waals surface area contributed by atoms with Crippen LogP contribution < -0.4 is 5.73 Å². The van der Waals surface area contributed by atoms with Gasteiger partial charge in [0, 0.05) is 29.1 Å². The van der Waals surface area contributed by atoms with E-state index in [4.69, 9.17) is 5.73 Å². The number of nitrogens with two attached hydrogens (primary N) is 1. The molecule has 0 fully saturated rings. The van der Waals surface area contributed by atoms with E-state index in [0.29, 0.717) is 5.56 Å². The standard InChI is InChI=1S/C18H14N2O2/c19-18(22)15-7-3-2-6-14(15)17(21)10-12-9-13-5-1-4-8-16(13)20-11-12/h1-9,11H,10H2,(H2,19,22). The summed E-state index contributed by atoms with van der Waals surface area (Å²) in [6.45, 7) is 0. The molecule has 0 aliphatic heterocycles. The maximum absolute atomic E-state index is 12.4. The number of pyridine rings is 1. The Morgan fingerprint density at radius 3 is 2.41 bits per heavy atom. The predicted molar refractivity (Wildman–Crippen MR) is 84.7 cm³/mol. The molecule has 2 aromatic carbocycles. The smallest absolute Gasteiger partial charge is 0.249 e. The van der Waals surface area contributed by atoms with Gasteiger partial charge in [-0.25, -0.2) is 0 Å². The lowest BCUT2D eigenvalue weighted by Gasteiger charge is -2.06. The zero-order valence-corrected chi connectivity index (χ0v) is 11.8. The Balaban J connectivity index is 1.91. The molecule has 0 spiro atoms. The van der Waals surface area contributed by atoms with Gasteiger partial charge in [0.05, 0.1) is 5.52 Å². The fourth-order valence-electron chi connectivity index (χ4n) is 2.44. The molecule has 1 aromatic heterocycles. The van der Waals surface area contributed by atoms with Crippen LogP contribution in [0.25, 0.3) is 10.9 Å². The number of para-hydroxylation sites is 1. The lowest BCUT2D eigenvalue weighted by atomic mass is 9.98. The first kappa shape index (κ1) is 13.9. The lowest BCUT2D eigenvalue weighted by molar-refractivity contribution is 0.0963. The second kappa shape index (κ2) is 5.77. The van der Waals surface area contributed by atoms with E-state index in [1.54, 1.807) is 30.5 Å². The molecule has 0 aliphatic rings. The summed E-state index contributed by atoms with van der Waals surface area (Å²) in [4.78, 5) is 28.2. The van der Waals surface area contributed by atoms with Gasteiger partial charge in [-0.3, -0.25) is 14.6 Å². The lowest BCUT2D eigenvalue weighted by Crippen LogP contribution is -2.17. The molecule has 3 rings (SSSR count). The van der Waals surface area contributed by atoms with E-state index in [-0.39, 0.29) is 17.8 Å². The maximum Gasteiger partial charge on any atom is 0.249 e. The van der Waals surface area contributed by atoms with Gasteiger partial charge < -0.3 is 5.73 Å². The summed E-state index contributed by atoms with van der Waals surface area (Å²) in [6.07, 6.45) is 1.87. The number of carbonyl (C=O) groups excluding carboxylic acids is 2. The molecule has 0 saturated carbocycles. The number of benzene rings is 2. The van der Waals surface area contributed by atoms with Crippen molar-refractivity contribution in [2.45, 2.75) is 6.42 Å². The van der Waals surface area contributed by atoms with Gasteiger partial charge in [0.25, 0.3) is 0 Å². The fraction of sp³-hybridized carbons (Fsp3) is 0.0556. The highest BCUT2D eigenvalue weighted by Gasteiger charge is 2.15. The first-order chi connectivity index (χ1) is 10.6. The number of aromatic nitrogens is 1. The van der Waals surface area contributed by atoms with Crippen LogP contribution in [0.1, 0.15) is 26.3 Å². The van der Waals surface area contributed by atoms with Gasteiger partial charge in [-0.15, -0.1) is 0 Å². The van der Waals surface area contributed by atoms with Crippen molar-refractivity contribution < 1.29 is 9.59 Å². The molecule has 0 saturated heterocycles. The van der Waals surface area contributed by atoms with Crippen LogP contribution in [0.3, 0.4) is 0 Å². The Morgan fingerprint density at radius 1 is 0.955 bits per heavy atom. The average Bonchev–Trinajstić information content (AvgIpc) is 2.54. The minimum atomic E-state index is -0.597. The second-order valence-corrected chi connectivity index (χ2v) is 5.05. The van der Waals surface area contributed by atoms with E-state index in [1.165, 1.54) is 0 Å². The molecule has 0 bridgehead atoms. The van der Waals surface area contributed by atoms with E-state index in [9.17, 15) is 9.59 Å². The Bertz CT molecular complexity index is 872. The van der Waals surface area contributed by atoms with Crippen LogP contribution in [0.2, 0.25) is 0 Å². The van der Waals surface area contributed by atoms with Gasteiger partial charge in [0.15, 0.2) is 5.78 Å². The molecule has 4 nitrogen and oxygen atoms in total. The molecule has 1 amide bonds. The van der Waals surface area contributed by atoms with Crippen molar-refractivity contribution in [1.82, 2.24) is 4.98 Å². The van der Waals surface area contributed by atoms with E-state index in [0.717, 1.165) is 16.5 Å². The summed E-state index contributed by atoms with van der Waals surface area (Å²) >= 11 is 0. The summed E-state index contributed by atoms with van der Waals surface area (Å²) in [7, 11) is 0. The molecule has 0 aliphatic carbocycles. The summed E-state index contributed by atoms with van der Waals surface area (Å²) < 4.78 is 0. The fourth-order valence-corrected chi connectivity index (χ4v) is 2.44. The summed E-state index contributed by atoms with van der Waals surface area (Å²) in [5.41, 5.74) is 7.61. The normalized spacial score (nSPS) is 10.5. The van der Waals surface area contributed by atoms with Gasteiger partial charge >= 0.3 is 0 Å². The average molecular weight is 290 g/mol. The van der Waals surface area contributed by atoms with Gasteiger partial charge in [-0.05, 0) is 23.8 Å². The van der Waals surface area contributed by atoms with Gasteiger partial charge in [0.1, 0.15) is 0 Å². The molecule has 0 unspecified atom stereocenters. The Labute approximate surface area is 127 Å². The molecular formula is C18H14N2O2. The molecule has 3 aromatic rings. The molecule has 0 radical (unpaired) electrons. The van der Waals surface area contributed by atoms with Crippen molar-refractivity contribution in [1.29, 1.82) is 0 Å². The predicted octanol–water partition coefficient (Wildman–Crippen LogP) is 2.76. The van der Waals surface area contributed by atoms with Crippen molar-refractivity contribution in [3.05, 3.63) is 77.5 Å². The Hall–Kier alpha value is -3.01. The third kappa shape index (κ3) is 2.72. The van der Waals surface area contributed by atoms with E-state index in [2.05, 4.69) is 4.98 Å². The van der Waals surface area contributed by atoms with Crippen LogP contribution in [0, 0.1) is 0 Å². The Kier molecular flexibility index (Phi) is 3.66. The molecule has 1 heterocycles. The number of fused-ring (bicyclic) bond motifs is 1. The van der Waals surface area contributed by atoms with Crippen LogP contribution in [0.15, 0.2) is 60.8 Å². The van der Waals surface area contributed by atoms with Gasteiger partial charge in [-0.2, -0.15) is 0 Å². The number of rotatable bonds is 4. The number of nitrogens with zero attached hydrogens (tertiary/aromatic N) is 1. The highest BCUT2D eigenvalue weighted by atomic mass is 16.1. The van der Waals surface area contributed by atoms with Crippen molar-refractivity contribution >= 4 is 22.6 Å². The number of carbonyl (C=O) groups is 2. The van der Waals surface area contributed by atoms with Crippen molar-refractivity contribution in [2.24, 2.45) is 5.73 Å².